The van der Waals surface area contributed by atoms with Gasteiger partial charge in [-0.1, -0.05) is 12.1 Å². The molecule has 0 unspecified atom stereocenters. The van der Waals surface area contributed by atoms with Gasteiger partial charge in [-0.2, -0.15) is 0 Å². The fourth-order valence-corrected chi connectivity index (χ4v) is 5.69. The number of ketones is 3. The van der Waals surface area contributed by atoms with Crippen LogP contribution in [0.5, 0.6) is 23.0 Å². The van der Waals surface area contributed by atoms with Crippen LogP contribution in [0, 0.1) is 6.92 Å². The van der Waals surface area contributed by atoms with Gasteiger partial charge in [0.2, 0.25) is 0 Å². The SMILES string of the molecule is CC(=O)c1c(O)c(C)c(O)c2c1OC1=CC(=O)C(=C(C)Nc3ccc(-c4coc5cc(O)ccc5c4=O)cc3)C(=O)[C@@]12C. The van der Waals surface area contributed by atoms with Gasteiger partial charge in [-0.15, -0.1) is 0 Å². The topological polar surface area (TPSA) is 163 Å². The summed E-state index contributed by atoms with van der Waals surface area (Å²) in [5, 5.41) is 34.5. The van der Waals surface area contributed by atoms with E-state index < -0.39 is 34.3 Å². The Hall–Kier alpha value is -5.64. The first-order valence-corrected chi connectivity index (χ1v) is 13.3. The van der Waals surface area contributed by atoms with Gasteiger partial charge in [0, 0.05) is 29.1 Å². The number of allylic oxidation sites excluding steroid dienone is 4. The first-order valence-electron chi connectivity index (χ1n) is 13.3. The first kappa shape index (κ1) is 27.5. The number of fused-ring (bicyclic) bond motifs is 4. The van der Waals surface area contributed by atoms with Gasteiger partial charge >= 0.3 is 0 Å². The highest BCUT2D eigenvalue weighted by atomic mass is 16.5. The Kier molecular flexibility index (Phi) is 6.05. The van der Waals surface area contributed by atoms with Gasteiger partial charge in [-0.3, -0.25) is 19.2 Å². The summed E-state index contributed by atoms with van der Waals surface area (Å²) >= 11 is 0. The van der Waals surface area contributed by atoms with Crippen LogP contribution < -0.4 is 15.5 Å². The molecule has 1 aliphatic carbocycles. The zero-order chi connectivity index (χ0) is 31.0. The van der Waals surface area contributed by atoms with Crippen LogP contribution in [0.1, 0.15) is 42.3 Å². The summed E-state index contributed by atoms with van der Waals surface area (Å²) in [6.07, 6.45) is 2.47. The van der Waals surface area contributed by atoms with Crippen molar-refractivity contribution in [2.45, 2.75) is 33.1 Å². The molecule has 43 heavy (non-hydrogen) atoms. The van der Waals surface area contributed by atoms with Crippen LogP contribution in [-0.2, 0) is 15.0 Å². The fourth-order valence-electron chi connectivity index (χ4n) is 5.69. The van der Waals surface area contributed by atoms with Crippen LogP contribution in [0.2, 0.25) is 0 Å². The molecule has 216 valence electrons. The number of anilines is 1. The predicted molar refractivity (Wildman–Crippen MR) is 156 cm³/mol. The summed E-state index contributed by atoms with van der Waals surface area (Å²) in [7, 11) is 0. The number of carbonyl (C=O) groups excluding carboxylic acids is 3. The highest BCUT2D eigenvalue weighted by Gasteiger charge is 2.56. The van der Waals surface area contributed by atoms with E-state index in [1.165, 1.54) is 45.2 Å². The second-order valence-corrected chi connectivity index (χ2v) is 10.7. The van der Waals surface area contributed by atoms with E-state index in [0.29, 0.717) is 22.2 Å². The third-order valence-corrected chi connectivity index (χ3v) is 8.05. The van der Waals surface area contributed by atoms with Gasteiger partial charge in [0.05, 0.1) is 22.1 Å². The number of rotatable bonds is 4. The molecule has 0 radical (unpaired) electrons. The predicted octanol–water partition coefficient (Wildman–Crippen LogP) is 5.16. The van der Waals surface area contributed by atoms with Crippen molar-refractivity contribution in [3.8, 4) is 34.1 Å². The number of phenols is 3. The maximum Gasteiger partial charge on any atom is 0.200 e. The van der Waals surface area contributed by atoms with Crippen LogP contribution in [-0.4, -0.2) is 32.7 Å². The van der Waals surface area contributed by atoms with Gasteiger partial charge in [-0.05, 0) is 57.5 Å². The number of nitrogens with one attached hydrogen (secondary N) is 1. The van der Waals surface area contributed by atoms with Crippen LogP contribution in [0.25, 0.3) is 22.1 Å². The van der Waals surface area contributed by atoms with Gasteiger partial charge < -0.3 is 29.8 Å². The number of carbonyl (C=O) groups is 3. The summed E-state index contributed by atoms with van der Waals surface area (Å²) in [5.41, 5.74) is -0.319. The number of ether oxygens (including phenoxy) is 1. The molecule has 10 heteroatoms. The second-order valence-electron chi connectivity index (χ2n) is 10.7. The lowest BCUT2D eigenvalue weighted by atomic mass is 9.70. The van der Waals surface area contributed by atoms with Gasteiger partial charge in [0.25, 0.3) is 0 Å². The van der Waals surface area contributed by atoms with Crippen molar-refractivity contribution in [3.63, 3.8) is 0 Å². The molecule has 4 aromatic rings. The Labute approximate surface area is 244 Å². The molecule has 4 N–H and O–H groups in total. The van der Waals surface area contributed by atoms with Crippen LogP contribution >= 0.6 is 0 Å². The van der Waals surface area contributed by atoms with E-state index in [1.807, 2.05) is 0 Å². The maximum atomic E-state index is 14.0. The molecule has 6 rings (SSSR count). The molecule has 0 fully saturated rings. The fraction of sp³-hybridized carbons (Fsp3) is 0.152. The molecule has 2 aliphatic rings. The van der Waals surface area contributed by atoms with E-state index in [4.69, 9.17) is 9.15 Å². The molecule has 3 aromatic carbocycles. The lowest BCUT2D eigenvalue weighted by Gasteiger charge is -2.29. The van der Waals surface area contributed by atoms with Crippen molar-refractivity contribution in [1.82, 2.24) is 0 Å². The molecule has 1 atom stereocenters. The Morgan fingerprint density at radius 1 is 0.953 bits per heavy atom. The second kappa shape index (κ2) is 9.45. The van der Waals surface area contributed by atoms with E-state index in [2.05, 4.69) is 5.32 Å². The van der Waals surface area contributed by atoms with Crippen LogP contribution in [0.15, 0.2) is 81.0 Å². The van der Waals surface area contributed by atoms with E-state index in [1.54, 1.807) is 31.2 Å². The monoisotopic (exact) mass is 579 g/mol. The number of aromatic hydroxyl groups is 3. The lowest BCUT2D eigenvalue weighted by Crippen LogP contribution is -2.40. The van der Waals surface area contributed by atoms with E-state index >= 15 is 0 Å². The van der Waals surface area contributed by atoms with Gasteiger partial charge in [0.15, 0.2) is 22.8 Å². The minimum Gasteiger partial charge on any atom is -0.508 e. The minimum absolute atomic E-state index is 0.0100. The van der Waals surface area contributed by atoms with Crippen LogP contribution in [0.4, 0.5) is 5.69 Å². The molecule has 0 spiro atoms. The molecule has 10 nitrogen and oxygen atoms in total. The summed E-state index contributed by atoms with van der Waals surface area (Å²) in [6, 6.07) is 11.0. The summed E-state index contributed by atoms with van der Waals surface area (Å²) in [5.74, 6) is -2.88. The molecule has 2 heterocycles. The van der Waals surface area contributed by atoms with E-state index in [9.17, 15) is 34.5 Å². The maximum absolute atomic E-state index is 14.0. The minimum atomic E-state index is -1.63. The number of hydrogen-bond donors (Lipinski definition) is 4. The van der Waals surface area contributed by atoms with E-state index in [0.717, 1.165) is 6.08 Å². The summed E-state index contributed by atoms with van der Waals surface area (Å²) < 4.78 is 11.3. The van der Waals surface area contributed by atoms with Crippen molar-refractivity contribution < 1.29 is 38.9 Å². The van der Waals surface area contributed by atoms with Gasteiger partial charge in [0.1, 0.15) is 51.6 Å². The molecule has 1 aliphatic heterocycles. The van der Waals surface area contributed by atoms with Crippen molar-refractivity contribution in [2.75, 3.05) is 5.32 Å². The quantitative estimate of drug-likeness (QED) is 0.144. The normalized spacial score (nSPS) is 18.6. The van der Waals surface area contributed by atoms with E-state index in [-0.39, 0.29) is 56.2 Å². The zero-order valence-corrected chi connectivity index (χ0v) is 23.5. The molecule has 0 amide bonds. The molecular formula is C33H25NO9. The Morgan fingerprint density at radius 2 is 1.65 bits per heavy atom. The van der Waals surface area contributed by atoms with Crippen LogP contribution in [0.3, 0.4) is 0 Å². The number of phenolic OH excluding ortho intramolecular Hbond substituents is 3. The van der Waals surface area contributed by atoms with Crippen molar-refractivity contribution in [3.05, 3.63) is 98.7 Å². The Morgan fingerprint density at radius 3 is 2.33 bits per heavy atom. The third kappa shape index (κ3) is 3.94. The first-order chi connectivity index (χ1) is 20.3. The highest BCUT2D eigenvalue weighted by molar-refractivity contribution is 6.31. The lowest BCUT2D eigenvalue weighted by molar-refractivity contribution is -0.123. The summed E-state index contributed by atoms with van der Waals surface area (Å²) in [4.78, 5) is 52.6. The average Bonchev–Trinajstić information content (AvgIpc) is 3.25. The molecule has 0 saturated heterocycles. The Bertz CT molecular complexity index is 2070. The molecule has 0 saturated carbocycles. The smallest absolute Gasteiger partial charge is 0.200 e. The highest BCUT2D eigenvalue weighted by Crippen LogP contribution is 2.57. The Balaban J connectivity index is 1.36. The average molecular weight is 580 g/mol. The van der Waals surface area contributed by atoms with Crippen molar-refractivity contribution >= 4 is 34.0 Å². The van der Waals surface area contributed by atoms with Crippen molar-refractivity contribution in [1.29, 1.82) is 0 Å². The zero-order valence-electron chi connectivity index (χ0n) is 23.5. The largest absolute Gasteiger partial charge is 0.508 e. The third-order valence-electron chi connectivity index (χ3n) is 8.05. The number of Topliss-reactive ketones (excluding diaryl/α,β-unsaturated/α-hetero) is 2. The van der Waals surface area contributed by atoms with Gasteiger partial charge in [-0.25, -0.2) is 0 Å². The number of hydrogen-bond acceptors (Lipinski definition) is 10. The molecule has 1 aromatic heterocycles. The number of benzene rings is 3. The van der Waals surface area contributed by atoms with Crippen molar-refractivity contribution in [2.24, 2.45) is 0 Å². The summed E-state index contributed by atoms with van der Waals surface area (Å²) in [6.45, 7) is 5.71. The molecular weight excluding hydrogens is 554 g/mol. The molecule has 0 bridgehead atoms. The standard InChI is InChI=1S/C33H25NO9/c1-14-28(38)26(16(3)35)31-27(29(14)39)33(4)24(43-31)12-22(37)25(32(33)41)15(2)34-18-7-5-17(6-8-18)21-13-42-23-11-19(36)9-10-20(23)30(21)40/h5-13,34,36,38-39H,1-4H3/t33-/m0/s1.